The van der Waals surface area contributed by atoms with E-state index in [4.69, 9.17) is 18.3 Å². The number of rotatable bonds is 15. The summed E-state index contributed by atoms with van der Waals surface area (Å²) in [6.07, 6.45) is 0.112. The summed E-state index contributed by atoms with van der Waals surface area (Å²) in [5.74, 6) is -0.493. The molecule has 0 amide bonds. The number of esters is 1. The number of carbonyl (C=O) groups excluding carboxylic acids is 1. The van der Waals surface area contributed by atoms with E-state index in [-0.39, 0.29) is 13.2 Å². The van der Waals surface area contributed by atoms with Crippen LogP contribution in [0.4, 0.5) is 0 Å². The number of carbonyl (C=O) groups is 1. The fraction of sp³-hybridized carbons (Fsp3) is 0.824. The molecule has 0 heterocycles. The van der Waals surface area contributed by atoms with Crippen LogP contribution >= 0.6 is 0 Å². The van der Waals surface area contributed by atoms with Crippen molar-refractivity contribution >= 4 is 23.3 Å². The van der Waals surface area contributed by atoms with Crippen LogP contribution in [0.5, 0.6) is 0 Å². The van der Waals surface area contributed by atoms with Gasteiger partial charge in [-0.05, 0) is 52.0 Å². The SMILES string of the molecule is C=C(C)C(=O)OCC(O)COCCC[SiH](C)O[Si](C)(C)CCOCC. The second kappa shape index (κ2) is 13.7. The third-order valence-electron chi connectivity index (χ3n) is 3.54. The number of hydrogen-bond donors (Lipinski definition) is 1. The second-order valence-electron chi connectivity index (χ2n) is 6.88. The number of ether oxygens (including phenoxy) is 3. The van der Waals surface area contributed by atoms with E-state index in [1.807, 2.05) is 6.92 Å². The van der Waals surface area contributed by atoms with Gasteiger partial charge in [-0.3, -0.25) is 0 Å². The molecule has 0 fully saturated rings. The molecule has 0 aliphatic carbocycles. The first-order valence-electron chi connectivity index (χ1n) is 9.02. The Morgan fingerprint density at radius 1 is 1.24 bits per heavy atom. The Kier molecular flexibility index (Phi) is 13.4. The summed E-state index contributed by atoms with van der Waals surface area (Å²) in [4.78, 5) is 11.2. The van der Waals surface area contributed by atoms with Gasteiger partial charge in [0.15, 0.2) is 17.4 Å². The highest BCUT2D eigenvalue weighted by Gasteiger charge is 2.24. The van der Waals surface area contributed by atoms with E-state index in [1.54, 1.807) is 6.92 Å². The van der Waals surface area contributed by atoms with E-state index in [9.17, 15) is 9.90 Å². The number of aliphatic hydroxyl groups is 1. The summed E-state index contributed by atoms with van der Waals surface area (Å²) in [6, 6.07) is 2.08. The van der Waals surface area contributed by atoms with Crippen molar-refractivity contribution in [2.75, 3.05) is 33.0 Å². The van der Waals surface area contributed by atoms with Gasteiger partial charge in [0.25, 0.3) is 0 Å². The van der Waals surface area contributed by atoms with E-state index in [0.29, 0.717) is 12.2 Å². The summed E-state index contributed by atoms with van der Waals surface area (Å²) in [5, 5.41) is 9.69. The summed E-state index contributed by atoms with van der Waals surface area (Å²) in [5.41, 5.74) is 0.319. The zero-order valence-electron chi connectivity index (χ0n) is 16.5. The summed E-state index contributed by atoms with van der Waals surface area (Å²) in [7, 11) is -2.82. The lowest BCUT2D eigenvalue weighted by atomic mass is 10.3. The molecule has 0 aliphatic heterocycles. The van der Waals surface area contributed by atoms with E-state index in [1.165, 1.54) is 0 Å². The Morgan fingerprint density at radius 2 is 1.92 bits per heavy atom. The Balaban J connectivity index is 3.72. The Hall–Kier alpha value is -0.516. The zero-order valence-corrected chi connectivity index (χ0v) is 18.7. The van der Waals surface area contributed by atoms with Crippen molar-refractivity contribution in [3.8, 4) is 0 Å². The van der Waals surface area contributed by atoms with Crippen LogP contribution in [0.25, 0.3) is 0 Å². The quantitative estimate of drug-likeness (QED) is 0.200. The lowest BCUT2D eigenvalue weighted by molar-refractivity contribution is -0.143. The van der Waals surface area contributed by atoms with Crippen molar-refractivity contribution < 1.29 is 28.2 Å². The van der Waals surface area contributed by atoms with Gasteiger partial charge in [0.2, 0.25) is 0 Å². The molecular weight excluding hydrogens is 356 g/mol. The van der Waals surface area contributed by atoms with Crippen molar-refractivity contribution in [3.05, 3.63) is 12.2 Å². The molecule has 25 heavy (non-hydrogen) atoms. The molecule has 0 aromatic rings. The van der Waals surface area contributed by atoms with Gasteiger partial charge in [0.05, 0.1) is 6.61 Å². The Morgan fingerprint density at radius 3 is 2.52 bits per heavy atom. The highest BCUT2D eigenvalue weighted by Crippen LogP contribution is 2.15. The minimum Gasteiger partial charge on any atom is -0.460 e. The molecule has 0 radical (unpaired) electrons. The lowest BCUT2D eigenvalue weighted by Crippen LogP contribution is -2.37. The second-order valence-corrected chi connectivity index (χ2v) is 14.0. The molecule has 2 atom stereocenters. The molecule has 0 spiro atoms. The average molecular weight is 393 g/mol. The van der Waals surface area contributed by atoms with Crippen molar-refractivity contribution in [1.82, 2.24) is 0 Å². The first-order chi connectivity index (χ1) is 11.7. The Labute approximate surface area is 155 Å². The van der Waals surface area contributed by atoms with E-state index in [2.05, 4.69) is 26.2 Å². The van der Waals surface area contributed by atoms with Gasteiger partial charge >= 0.3 is 5.97 Å². The highest BCUT2D eigenvalue weighted by atomic mass is 28.4. The van der Waals surface area contributed by atoms with E-state index >= 15 is 0 Å². The summed E-state index contributed by atoms with van der Waals surface area (Å²) < 4.78 is 22.1. The normalized spacial score (nSPS) is 14.2. The van der Waals surface area contributed by atoms with Crippen molar-refractivity contribution in [1.29, 1.82) is 0 Å². The minimum absolute atomic E-state index is 0.0699. The molecule has 0 saturated carbocycles. The standard InChI is InChI=1S/C17H36O6Si2/c1-7-20-10-12-25(5,6)23-24(4)11-8-9-21-13-16(18)14-22-17(19)15(2)3/h16,18,24H,2,7-14H2,1,3-6H3. The van der Waals surface area contributed by atoms with Crippen LogP contribution in [-0.2, 0) is 23.1 Å². The monoisotopic (exact) mass is 392 g/mol. The Bertz CT molecular complexity index is 389. The van der Waals surface area contributed by atoms with Crippen LogP contribution in [0, 0.1) is 0 Å². The summed E-state index contributed by atoms with van der Waals surface area (Å²) in [6.45, 7) is 16.0. The predicted octanol–water partition coefficient (Wildman–Crippen LogP) is 2.49. The van der Waals surface area contributed by atoms with Crippen LogP contribution in [-0.4, -0.2) is 67.6 Å². The van der Waals surface area contributed by atoms with Gasteiger partial charge in [0.1, 0.15) is 12.7 Å². The van der Waals surface area contributed by atoms with E-state index in [0.717, 1.165) is 31.7 Å². The fourth-order valence-electron chi connectivity index (χ4n) is 2.16. The van der Waals surface area contributed by atoms with Gasteiger partial charge in [-0.2, -0.15) is 0 Å². The molecule has 2 unspecified atom stereocenters. The van der Waals surface area contributed by atoms with Gasteiger partial charge < -0.3 is 23.4 Å². The molecule has 6 nitrogen and oxygen atoms in total. The van der Waals surface area contributed by atoms with Gasteiger partial charge in [-0.15, -0.1) is 0 Å². The van der Waals surface area contributed by atoms with Crippen LogP contribution < -0.4 is 0 Å². The van der Waals surface area contributed by atoms with Gasteiger partial charge in [-0.25, -0.2) is 4.79 Å². The average Bonchev–Trinajstić information content (AvgIpc) is 2.51. The fourth-order valence-corrected chi connectivity index (χ4v) is 8.84. The maximum atomic E-state index is 11.2. The first kappa shape index (κ1) is 24.5. The number of hydrogen-bond acceptors (Lipinski definition) is 6. The zero-order chi connectivity index (χ0) is 19.3. The lowest BCUT2D eigenvalue weighted by Gasteiger charge is -2.27. The molecular formula is C17H36O6Si2. The first-order valence-corrected chi connectivity index (χ1v) is 14.6. The number of aliphatic hydroxyl groups excluding tert-OH is 1. The maximum Gasteiger partial charge on any atom is 0.333 e. The van der Waals surface area contributed by atoms with Gasteiger partial charge in [0, 0.05) is 25.4 Å². The molecule has 0 aliphatic rings. The van der Waals surface area contributed by atoms with Crippen LogP contribution in [0.3, 0.4) is 0 Å². The minimum atomic E-state index is -1.62. The molecule has 1 N–H and O–H groups in total. The topological polar surface area (TPSA) is 74.2 Å². The van der Waals surface area contributed by atoms with Crippen LogP contribution in [0.2, 0.25) is 31.7 Å². The smallest absolute Gasteiger partial charge is 0.333 e. The largest absolute Gasteiger partial charge is 0.460 e. The third kappa shape index (κ3) is 14.3. The maximum absolute atomic E-state index is 11.2. The van der Waals surface area contributed by atoms with Crippen molar-refractivity contribution in [2.24, 2.45) is 0 Å². The molecule has 0 bridgehead atoms. The molecule has 0 rings (SSSR count). The van der Waals surface area contributed by atoms with Gasteiger partial charge in [-0.1, -0.05) is 6.58 Å². The molecule has 8 heteroatoms. The van der Waals surface area contributed by atoms with Crippen molar-refractivity contribution in [2.45, 2.75) is 58.1 Å². The van der Waals surface area contributed by atoms with Crippen LogP contribution in [0.1, 0.15) is 20.3 Å². The van der Waals surface area contributed by atoms with Crippen molar-refractivity contribution in [3.63, 3.8) is 0 Å². The van der Waals surface area contributed by atoms with Crippen LogP contribution in [0.15, 0.2) is 12.2 Å². The highest BCUT2D eigenvalue weighted by molar-refractivity contribution is 6.78. The molecule has 0 saturated heterocycles. The molecule has 0 aromatic carbocycles. The third-order valence-corrected chi connectivity index (χ3v) is 10.3. The summed E-state index contributed by atoms with van der Waals surface area (Å²) >= 11 is 0. The molecule has 148 valence electrons. The predicted molar refractivity (Wildman–Crippen MR) is 105 cm³/mol. The van der Waals surface area contributed by atoms with E-state index < -0.39 is 29.4 Å². The molecule has 0 aromatic heterocycles.